The molecular formula is C14H23NO. The molecule has 0 aliphatic rings. The maximum absolute atomic E-state index is 6.07. The van der Waals surface area contributed by atoms with Gasteiger partial charge in [0, 0.05) is 0 Å². The van der Waals surface area contributed by atoms with E-state index < -0.39 is 0 Å². The molecule has 0 bridgehead atoms. The highest BCUT2D eigenvalue weighted by molar-refractivity contribution is 5.41. The second-order valence-electron chi connectivity index (χ2n) is 4.16. The van der Waals surface area contributed by atoms with Gasteiger partial charge in [0.15, 0.2) is 0 Å². The lowest BCUT2D eigenvalue weighted by molar-refractivity contribution is 0.189. The van der Waals surface area contributed by atoms with Gasteiger partial charge in [-0.1, -0.05) is 32.0 Å². The van der Waals surface area contributed by atoms with Gasteiger partial charge < -0.3 is 10.5 Å². The number of hydrogen-bond acceptors (Lipinski definition) is 2. The largest absolute Gasteiger partial charge is 0.490 e. The maximum atomic E-state index is 6.07. The molecule has 0 saturated heterocycles. The average Bonchev–Trinajstić information content (AvgIpc) is 2.29. The Labute approximate surface area is 98.8 Å². The Bertz CT molecular complexity index is 319. The Balaban J connectivity index is 2.91. The van der Waals surface area contributed by atoms with Crippen LogP contribution in [0.2, 0.25) is 0 Å². The van der Waals surface area contributed by atoms with Crippen molar-refractivity contribution in [2.24, 2.45) is 5.73 Å². The number of benzene rings is 1. The summed E-state index contributed by atoms with van der Waals surface area (Å²) >= 11 is 0. The van der Waals surface area contributed by atoms with Gasteiger partial charge in [-0.15, -0.1) is 0 Å². The Morgan fingerprint density at radius 2 is 1.94 bits per heavy atom. The van der Waals surface area contributed by atoms with E-state index in [1.54, 1.807) is 0 Å². The molecule has 0 heterocycles. The van der Waals surface area contributed by atoms with Crippen molar-refractivity contribution in [1.82, 2.24) is 0 Å². The smallest absolute Gasteiger partial charge is 0.125 e. The monoisotopic (exact) mass is 221 g/mol. The van der Waals surface area contributed by atoms with Gasteiger partial charge in [0.2, 0.25) is 0 Å². The van der Waals surface area contributed by atoms with Gasteiger partial charge in [-0.3, -0.25) is 0 Å². The van der Waals surface area contributed by atoms with Crippen molar-refractivity contribution in [3.8, 4) is 5.75 Å². The molecular weight excluding hydrogens is 198 g/mol. The van der Waals surface area contributed by atoms with Crippen molar-refractivity contribution in [3.05, 3.63) is 29.3 Å². The second-order valence-corrected chi connectivity index (χ2v) is 4.16. The number of ether oxygens (including phenoxy) is 1. The first-order chi connectivity index (χ1) is 7.72. The van der Waals surface area contributed by atoms with Crippen LogP contribution in [0, 0.1) is 6.92 Å². The van der Waals surface area contributed by atoms with E-state index in [4.69, 9.17) is 10.5 Å². The summed E-state index contributed by atoms with van der Waals surface area (Å²) in [7, 11) is 0. The SMILES string of the molecule is CCC(CC)Oc1c(C)cccc1CCN. The summed E-state index contributed by atoms with van der Waals surface area (Å²) < 4.78 is 6.07. The van der Waals surface area contributed by atoms with E-state index in [0.29, 0.717) is 12.6 Å². The summed E-state index contributed by atoms with van der Waals surface area (Å²) in [5.74, 6) is 1.04. The first-order valence-electron chi connectivity index (χ1n) is 6.18. The molecule has 0 aromatic heterocycles. The third-order valence-electron chi connectivity index (χ3n) is 2.90. The topological polar surface area (TPSA) is 35.2 Å². The molecule has 0 aliphatic heterocycles. The Morgan fingerprint density at radius 1 is 1.25 bits per heavy atom. The molecule has 2 nitrogen and oxygen atoms in total. The molecule has 0 aliphatic carbocycles. The van der Waals surface area contributed by atoms with Gasteiger partial charge in [-0.25, -0.2) is 0 Å². The summed E-state index contributed by atoms with van der Waals surface area (Å²) in [4.78, 5) is 0. The van der Waals surface area contributed by atoms with Crippen LogP contribution >= 0.6 is 0 Å². The van der Waals surface area contributed by atoms with Crippen LogP contribution in [0.15, 0.2) is 18.2 Å². The van der Waals surface area contributed by atoms with Crippen LogP contribution in [0.5, 0.6) is 5.75 Å². The van der Waals surface area contributed by atoms with E-state index >= 15 is 0 Å². The van der Waals surface area contributed by atoms with Crippen molar-refractivity contribution >= 4 is 0 Å². The normalized spacial score (nSPS) is 10.8. The highest BCUT2D eigenvalue weighted by Crippen LogP contribution is 2.26. The molecule has 1 aromatic carbocycles. The quantitative estimate of drug-likeness (QED) is 0.801. The summed E-state index contributed by atoms with van der Waals surface area (Å²) in [6.45, 7) is 7.09. The average molecular weight is 221 g/mol. The van der Waals surface area contributed by atoms with Crippen LogP contribution in [0.25, 0.3) is 0 Å². The minimum absolute atomic E-state index is 0.317. The van der Waals surface area contributed by atoms with E-state index in [9.17, 15) is 0 Å². The number of rotatable bonds is 6. The van der Waals surface area contributed by atoms with E-state index in [1.165, 1.54) is 11.1 Å². The minimum atomic E-state index is 0.317. The Kier molecular flexibility index (Phi) is 5.33. The van der Waals surface area contributed by atoms with Crippen LogP contribution in [-0.2, 0) is 6.42 Å². The highest BCUT2D eigenvalue weighted by atomic mass is 16.5. The molecule has 1 rings (SSSR count). The molecule has 0 radical (unpaired) electrons. The van der Waals surface area contributed by atoms with Crippen molar-refractivity contribution in [2.45, 2.75) is 46.1 Å². The summed E-state index contributed by atoms with van der Waals surface area (Å²) in [6.07, 6.45) is 3.30. The number of hydrogen-bond donors (Lipinski definition) is 1. The first-order valence-corrected chi connectivity index (χ1v) is 6.18. The van der Waals surface area contributed by atoms with E-state index in [-0.39, 0.29) is 0 Å². The highest BCUT2D eigenvalue weighted by Gasteiger charge is 2.11. The molecule has 0 fully saturated rings. The number of para-hydroxylation sites is 1. The van der Waals surface area contributed by atoms with Crippen LogP contribution in [0.3, 0.4) is 0 Å². The fraction of sp³-hybridized carbons (Fsp3) is 0.571. The number of nitrogens with two attached hydrogens (primary N) is 1. The minimum Gasteiger partial charge on any atom is -0.490 e. The van der Waals surface area contributed by atoms with Crippen LogP contribution in [0.4, 0.5) is 0 Å². The Hall–Kier alpha value is -1.02. The molecule has 0 spiro atoms. The summed E-state index contributed by atoms with van der Waals surface area (Å²) in [5, 5.41) is 0. The molecule has 2 heteroatoms. The fourth-order valence-corrected chi connectivity index (χ4v) is 1.86. The van der Waals surface area contributed by atoms with Gasteiger partial charge in [-0.05, 0) is 43.9 Å². The molecule has 0 amide bonds. The third kappa shape index (κ3) is 3.24. The van der Waals surface area contributed by atoms with Gasteiger partial charge in [0.25, 0.3) is 0 Å². The second kappa shape index (κ2) is 6.54. The van der Waals surface area contributed by atoms with Gasteiger partial charge in [0.1, 0.15) is 5.75 Å². The zero-order valence-corrected chi connectivity index (χ0v) is 10.6. The van der Waals surface area contributed by atoms with Crippen molar-refractivity contribution in [3.63, 3.8) is 0 Å². The van der Waals surface area contributed by atoms with Gasteiger partial charge in [-0.2, -0.15) is 0 Å². The summed E-state index contributed by atoms with van der Waals surface area (Å²) in [5.41, 5.74) is 8.06. The van der Waals surface area contributed by atoms with Crippen molar-refractivity contribution in [1.29, 1.82) is 0 Å². The summed E-state index contributed by atoms with van der Waals surface area (Å²) in [6, 6.07) is 6.27. The van der Waals surface area contributed by atoms with E-state index in [0.717, 1.165) is 25.0 Å². The number of aryl methyl sites for hydroxylation is 1. The standard InChI is InChI=1S/C14H23NO/c1-4-13(5-2)16-14-11(3)7-6-8-12(14)9-10-15/h6-8,13H,4-5,9-10,15H2,1-3H3. The van der Waals surface area contributed by atoms with Crippen LogP contribution < -0.4 is 10.5 Å². The lowest BCUT2D eigenvalue weighted by Gasteiger charge is -2.20. The first kappa shape index (κ1) is 13.0. The molecule has 1 aromatic rings. The lowest BCUT2D eigenvalue weighted by Crippen LogP contribution is -2.16. The maximum Gasteiger partial charge on any atom is 0.125 e. The van der Waals surface area contributed by atoms with Crippen molar-refractivity contribution in [2.75, 3.05) is 6.54 Å². The zero-order valence-electron chi connectivity index (χ0n) is 10.6. The van der Waals surface area contributed by atoms with E-state index in [1.807, 2.05) is 0 Å². The lowest BCUT2D eigenvalue weighted by atomic mass is 10.1. The van der Waals surface area contributed by atoms with Crippen LogP contribution in [-0.4, -0.2) is 12.6 Å². The predicted molar refractivity (Wildman–Crippen MR) is 68.9 cm³/mol. The van der Waals surface area contributed by atoms with Crippen LogP contribution in [0.1, 0.15) is 37.8 Å². The molecule has 0 saturated carbocycles. The van der Waals surface area contributed by atoms with Gasteiger partial charge in [0.05, 0.1) is 6.10 Å². The van der Waals surface area contributed by atoms with E-state index in [2.05, 4.69) is 39.0 Å². The molecule has 0 atom stereocenters. The molecule has 16 heavy (non-hydrogen) atoms. The fourth-order valence-electron chi connectivity index (χ4n) is 1.86. The predicted octanol–water partition coefficient (Wildman–Crippen LogP) is 3.06. The Morgan fingerprint density at radius 3 is 2.50 bits per heavy atom. The molecule has 90 valence electrons. The molecule has 2 N–H and O–H groups in total. The van der Waals surface area contributed by atoms with Crippen molar-refractivity contribution < 1.29 is 4.74 Å². The third-order valence-corrected chi connectivity index (χ3v) is 2.90. The van der Waals surface area contributed by atoms with Gasteiger partial charge >= 0.3 is 0 Å². The zero-order chi connectivity index (χ0) is 12.0. The molecule has 0 unspecified atom stereocenters.